The van der Waals surface area contributed by atoms with Gasteiger partial charge in [-0.25, -0.2) is 4.98 Å². The lowest BCUT2D eigenvalue weighted by Gasteiger charge is -1.87. The number of aryl methyl sites for hydroxylation is 1. The summed E-state index contributed by atoms with van der Waals surface area (Å²) < 4.78 is 1.75. The number of aldehydes is 1. The molecule has 0 amide bonds. The van der Waals surface area contributed by atoms with Gasteiger partial charge in [0.2, 0.25) is 0 Å². The van der Waals surface area contributed by atoms with Crippen LogP contribution in [0.15, 0.2) is 12.5 Å². The minimum atomic E-state index is 0.562. The molecule has 3 heteroatoms. The SMILES string of the molecule is Cn1cncc1C#CC=O. The highest BCUT2D eigenvalue weighted by Gasteiger charge is 1.89. The molecule has 10 heavy (non-hydrogen) atoms. The van der Waals surface area contributed by atoms with Gasteiger partial charge in [-0.05, 0) is 11.8 Å². The van der Waals surface area contributed by atoms with Crippen molar-refractivity contribution < 1.29 is 4.79 Å². The van der Waals surface area contributed by atoms with E-state index in [2.05, 4.69) is 16.8 Å². The molecule has 0 spiro atoms. The Labute approximate surface area is 58.7 Å². The Morgan fingerprint density at radius 3 is 3.10 bits per heavy atom. The average Bonchev–Trinajstić information content (AvgIpc) is 2.31. The molecule has 3 nitrogen and oxygen atoms in total. The van der Waals surface area contributed by atoms with Crippen LogP contribution in [0.4, 0.5) is 0 Å². The summed E-state index contributed by atoms with van der Waals surface area (Å²) in [4.78, 5) is 13.6. The Kier molecular flexibility index (Phi) is 1.86. The number of hydrogen-bond acceptors (Lipinski definition) is 2. The molecule has 0 aromatic carbocycles. The van der Waals surface area contributed by atoms with E-state index < -0.39 is 0 Å². The van der Waals surface area contributed by atoms with Gasteiger partial charge in [-0.1, -0.05) is 0 Å². The Morgan fingerprint density at radius 1 is 1.80 bits per heavy atom. The molecule has 0 saturated carbocycles. The summed E-state index contributed by atoms with van der Waals surface area (Å²) in [5.74, 6) is 4.93. The van der Waals surface area contributed by atoms with Crippen LogP contribution in [-0.2, 0) is 11.8 Å². The van der Waals surface area contributed by atoms with E-state index in [1.807, 2.05) is 7.05 Å². The second-order valence-electron chi connectivity index (χ2n) is 1.78. The first-order valence-corrected chi connectivity index (χ1v) is 2.76. The Hall–Kier alpha value is -1.56. The molecule has 0 bridgehead atoms. The summed E-state index contributed by atoms with van der Waals surface area (Å²) in [6.07, 6.45) is 3.80. The van der Waals surface area contributed by atoms with Crippen LogP contribution in [0.25, 0.3) is 0 Å². The summed E-state index contributed by atoms with van der Waals surface area (Å²) in [6, 6.07) is 0. The largest absolute Gasteiger partial charge is 0.327 e. The van der Waals surface area contributed by atoms with Crippen molar-refractivity contribution in [2.24, 2.45) is 7.05 Å². The number of imidazole rings is 1. The molecule has 0 saturated heterocycles. The molecule has 1 rings (SSSR count). The fourth-order valence-electron chi connectivity index (χ4n) is 0.581. The molecule has 1 aromatic rings. The Bertz CT molecular complexity index is 290. The first-order valence-electron chi connectivity index (χ1n) is 2.76. The van der Waals surface area contributed by atoms with Gasteiger partial charge in [-0.2, -0.15) is 0 Å². The molecule has 0 aliphatic carbocycles. The predicted octanol–water partition coefficient (Wildman–Crippen LogP) is -0.0295. The van der Waals surface area contributed by atoms with Gasteiger partial charge < -0.3 is 4.57 Å². The molecule has 1 aromatic heterocycles. The highest BCUT2D eigenvalue weighted by Crippen LogP contribution is 1.90. The van der Waals surface area contributed by atoms with Gasteiger partial charge in [0.1, 0.15) is 5.69 Å². The van der Waals surface area contributed by atoms with E-state index in [9.17, 15) is 4.79 Å². The quantitative estimate of drug-likeness (QED) is 0.369. The van der Waals surface area contributed by atoms with Gasteiger partial charge in [0, 0.05) is 7.05 Å². The Morgan fingerprint density at radius 2 is 2.60 bits per heavy atom. The standard InChI is InChI=1S/C7H6N2O/c1-9-6-8-5-7(9)3-2-4-10/h4-6H,1H3. The van der Waals surface area contributed by atoms with E-state index in [-0.39, 0.29) is 0 Å². The maximum absolute atomic E-state index is 9.81. The van der Waals surface area contributed by atoms with Gasteiger partial charge in [0.25, 0.3) is 0 Å². The maximum atomic E-state index is 9.81. The molecule has 0 radical (unpaired) electrons. The Balaban J connectivity index is 2.94. The molecule has 0 unspecified atom stereocenters. The van der Waals surface area contributed by atoms with Crippen molar-refractivity contribution in [3.63, 3.8) is 0 Å². The normalized spacial score (nSPS) is 8.10. The molecule has 0 aliphatic rings. The number of carbonyl (C=O) groups excluding carboxylic acids is 1. The molecule has 1 heterocycles. The van der Waals surface area contributed by atoms with Crippen molar-refractivity contribution >= 4 is 6.29 Å². The first kappa shape index (κ1) is 6.56. The molecular weight excluding hydrogens is 128 g/mol. The van der Waals surface area contributed by atoms with Crippen LogP contribution < -0.4 is 0 Å². The zero-order chi connectivity index (χ0) is 7.40. The fourth-order valence-corrected chi connectivity index (χ4v) is 0.581. The lowest BCUT2D eigenvalue weighted by Crippen LogP contribution is -1.87. The molecular formula is C7H6N2O. The minimum absolute atomic E-state index is 0.562. The number of aromatic nitrogens is 2. The van der Waals surface area contributed by atoms with Crippen molar-refractivity contribution in [3.8, 4) is 11.8 Å². The van der Waals surface area contributed by atoms with E-state index in [4.69, 9.17) is 0 Å². The monoisotopic (exact) mass is 134 g/mol. The van der Waals surface area contributed by atoms with Crippen LogP contribution >= 0.6 is 0 Å². The molecule has 0 fully saturated rings. The zero-order valence-electron chi connectivity index (χ0n) is 5.53. The van der Waals surface area contributed by atoms with E-state index in [1.54, 1.807) is 17.1 Å². The van der Waals surface area contributed by atoms with Gasteiger partial charge in [0.05, 0.1) is 12.5 Å². The lowest BCUT2D eigenvalue weighted by molar-refractivity contribution is -0.103. The fraction of sp³-hybridized carbons (Fsp3) is 0.143. The topological polar surface area (TPSA) is 34.9 Å². The van der Waals surface area contributed by atoms with Gasteiger partial charge >= 0.3 is 0 Å². The third kappa shape index (κ3) is 1.23. The van der Waals surface area contributed by atoms with Gasteiger partial charge in [-0.3, -0.25) is 4.79 Å². The van der Waals surface area contributed by atoms with Crippen molar-refractivity contribution in [2.75, 3.05) is 0 Å². The third-order valence-corrected chi connectivity index (χ3v) is 1.08. The number of rotatable bonds is 0. The number of nitrogens with zero attached hydrogens (tertiary/aromatic N) is 2. The van der Waals surface area contributed by atoms with Crippen molar-refractivity contribution in [1.82, 2.24) is 9.55 Å². The van der Waals surface area contributed by atoms with Gasteiger partial charge in [-0.15, -0.1) is 0 Å². The number of carbonyl (C=O) groups is 1. The highest BCUT2D eigenvalue weighted by atomic mass is 16.1. The minimum Gasteiger partial charge on any atom is -0.327 e. The highest BCUT2D eigenvalue weighted by molar-refractivity contribution is 5.73. The van der Waals surface area contributed by atoms with Crippen LogP contribution in [0.5, 0.6) is 0 Å². The number of hydrogen-bond donors (Lipinski definition) is 0. The average molecular weight is 134 g/mol. The van der Waals surface area contributed by atoms with Crippen LogP contribution in [0.2, 0.25) is 0 Å². The van der Waals surface area contributed by atoms with Crippen LogP contribution in [0.3, 0.4) is 0 Å². The second kappa shape index (κ2) is 2.83. The summed E-state index contributed by atoms with van der Waals surface area (Å²) in [5, 5.41) is 0. The van der Waals surface area contributed by atoms with E-state index in [1.165, 1.54) is 0 Å². The maximum Gasteiger partial charge on any atom is 0.193 e. The van der Waals surface area contributed by atoms with Crippen LogP contribution in [0, 0.1) is 11.8 Å². The van der Waals surface area contributed by atoms with Crippen molar-refractivity contribution in [3.05, 3.63) is 18.2 Å². The zero-order valence-corrected chi connectivity index (χ0v) is 5.53. The summed E-state index contributed by atoms with van der Waals surface area (Å²) in [7, 11) is 1.82. The summed E-state index contributed by atoms with van der Waals surface area (Å²) in [5.41, 5.74) is 0.743. The van der Waals surface area contributed by atoms with Crippen LogP contribution in [-0.4, -0.2) is 15.8 Å². The van der Waals surface area contributed by atoms with Gasteiger partial charge in [0.15, 0.2) is 6.29 Å². The van der Waals surface area contributed by atoms with Crippen LogP contribution in [0.1, 0.15) is 5.69 Å². The van der Waals surface area contributed by atoms with Crippen molar-refractivity contribution in [2.45, 2.75) is 0 Å². The van der Waals surface area contributed by atoms with E-state index in [0.717, 1.165) is 5.69 Å². The third-order valence-electron chi connectivity index (χ3n) is 1.08. The smallest absolute Gasteiger partial charge is 0.193 e. The van der Waals surface area contributed by atoms with E-state index in [0.29, 0.717) is 6.29 Å². The molecule has 0 aliphatic heterocycles. The van der Waals surface area contributed by atoms with Crippen molar-refractivity contribution in [1.29, 1.82) is 0 Å². The second-order valence-corrected chi connectivity index (χ2v) is 1.78. The molecule has 0 atom stereocenters. The summed E-state index contributed by atoms with van der Waals surface area (Å²) >= 11 is 0. The predicted molar refractivity (Wildman–Crippen MR) is 36.1 cm³/mol. The lowest BCUT2D eigenvalue weighted by atomic mass is 10.4. The molecule has 0 N–H and O–H groups in total. The molecule has 50 valence electrons. The van der Waals surface area contributed by atoms with E-state index >= 15 is 0 Å². The summed E-state index contributed by atoms with van der Waals surface area (Å²) in [6.45, 7) is 0. The first-order chi connectivity index (χ1) is 4.84.